The molecular formula is C27H35F3N2O6. The van der Waals surface area contributed by atoms with Gasteiger partial charge in [0, 0.05) is 49.4 Å². The molecule has 4 heterocycles. The molecule has 0 radical (unpaired) electrons. The number of ether oxygens (including phenoxy) is 4. The van der Waals surface area contributed by atoms with Crippen LogP contribution in [0.5, 0.6) is 0 Å². The number of alkyl halides is 3. The summed E-state index contributed by atoms with van der Waals surface area (Å²) in [5.41, 5.74) is 0.498. The van der Waals surface area contributed by atoms with Crippen molar-refractivity contribution in [1.82, 2.24) is 4.90 Å². The molecule has 0 spiro atoms. The van der Waals surface area contributed by atoms with Crippen LogP contribution in [-0.4, -0.2) is 83.9 Å². The highest BCUT2D eigenvalue weighted by Crippen LogP contribution is 2.44. The van der Waals surface area contributed by atoms with E-state index in [9.17, 15) is 18.0 Å². The molecule has 11 heteroatoms. The van der Waals surface area contributed by atoms with Gasteiger partial charge in [-0.05, 0) is 37.3 Å². The number of anilines is 1. The van der Waals surface area contributed by atoms with Gasteiger partial charge >= 0.3 is 11.8 Å². The Balaban J connectivity index is 1.49. The molecule has 0 aliphatic carbocycles. The maximum absolute atomic E-state index is 14.7. The van der Waals surface area contributed by atoms with Gasteiger partial charge in [0.15, 0.2) is 0 Å². The second kappa shape index (κ2) is 12.3. The third-order valence-electron chi connectivity index (χ3n) is 7.37. The lowest BCUT2D eigenvalue weighted by atomic mass is 9.88. The van der Waals surface area contributed by atoms with E-state index < -0.39 is 17.4 Å². The van der Waals surface area contributed by atoms with Crippen LogP contribution in [0.4, 0.5) is 18.9 Å². The van der Waals surface area contributed by atoms with Crippen molar-refractivity contribution in [3.8, 4) is 0 Å². The summed E-state index contributed by atoms with van der Waals surface area (Å²) in [7, 11) is 0. The van der Waals surface area contributed by atoms with Gasteiger partial charge in [-0.2, -0.15) is 13.2 Å². The highest BCUT2D eigenvalue weighted by molar-refractivity contribution is 5.91. The van der Waals surface area contributed by atoms with E-state index in [1.54, 1.807) is 11.0 Å². The Labute approximate surface area is 219 Å². The Hall–Kier alpha value is -2.18. The van der Waals surface area contributed by atoms with Crippen molar-refractivity contribution < 1.29 is 36.5 Å². The molecule has 0 unspecified atom stereocenters. The summed E-state index contributed by atoms with van der Waals surface area (Å²) in [6.45, 7) is 5.20. The third-order valence-corrected chi connectivity index (χ3v) is 7.37. The number of rotatable bonds is 2. The van der Waals surface area contributed by atoms with Gasteiger partial charge in [-0.15, -0.1) is 0 Å². The van der Waals surface area contributed by atoms with Crippen LogP contribution in [-0.2, 0) is 44.5 Å². The molecular weight excluding hydrogens is 505 g/mol. The topological polar surface area (TPSA) is 73.6 Å². The average Bonchev–Trinajstić information content (AvgIpc) is 2.89. The monoisotopic (exact) mass is 540 g/mol. The van der Waals surface area contributed by atoms with Crippen molar-refractivity contribution in [3.05, 3.63) is 38.7 Å². The summed E-state index contributed by atoms with van der Waals surface area (Å²) in [5.74, 6) is 0. The second-order valence-electron chi connectivity index (χ2n) is 9.90. The minimum atomic E-state index is -4.71. The predicted octanol–water partition coefficient (Wildman–Crippen LogP) is 3.39. The molecule has 0 atom stereocenters. The normalized spacial score (nSPS) is 21.1. The predicted molar refractivity (Wildman–Crippen MR) is 135 cm³/mol. The Kier molecular flexibility index (Phi) is 8.89. The molecule has 5 rings (SSSR count). The van der Waals surface area contributed by atoms with E-state index in [1.807, 2.05) is 0 Å². The van der Waals surface area contributed by atoms with E-state index in [0.717, 1.165) is 49.2 Å². The number of nitrogens with zero attached hydrogens (tertiary/aromatic N) is 2. The Bertz CT molecular complexity index is 1150. The zero-order valence-electron chi connectivity index (χ0n) is 21.6. The third kappa shape index (κ3) is 6.17. The average molecular weight is 541 g/mol. The van der Waals surface area contributed by atoms with Crippen LogP contribution in [0, 0.1) is 0 Å². The first-order chi connectivity index (χ1) is 18.4. The molecule has 0 N–H and O–H groups in total. The summed E-state index contributed by atoms with van der Waals surface area (Å²) >= 11 is 0. The smallest absolute Gasteiger partial charge is 0.417 e. The summed E-state index contributed by atoms with van der Waals surface area (Å²) in [6, 6.07) is 1.61. The van der Waals surface area contributed by atoms with E-state index in [2.05, 4.69) is 4.90 Å². The second-order valence-corrected chi connectivity index (χ2v) is 9.90. The fourth-order valence-corrected chi connectivity index (χ4v) is 5.66. The Morgan fingerprint density at radius 3 is 1.97 bits per heavy atom. The number of halogens is 3. The highest BCUT2D eigenvalue weighted by Gasteiger charge is 2.40. The summed E-state index contributed by atoms with van der Waals surface area (Å²) in [5, 5.41) is -0.00950. The van der Waals surface area contributed by atoms with E-state index in [-0.39, 0.29) is 36.3 Å². The number of fused-ring (bicyclic) bond motifs is 2. The Morgan fingerprint density at radius 1 is 0.789 bits per heavy atom. The molecule has 0 bridgehead atoms. The van der Waals surface area contributed by atoms with E-state index in [4.69, 9.17) is 23.4 Å². The van der Waals surface area contributed by atoms with E-state index in [1.165, 1.54) is 0 Å². The zero-order valence-corrected chi connectivity index (χ0v) is 21.6. The SMILES string of the molecule is O=c1oc2c3c4c(cc2c(C(F)(F)F)c1CN1CCOCCOCCOCCOCC1)CCCN4CCC3. The van der Waals surface area contributed by atoms with Crippen LogP contribution >= 0.6 is 0 Å². The molecule has 3 aliphatic rings. The largest absolute Gasteiger partial charge is 0.422 e. The quantitative estimate of drug-likeness (QED) is 0.537. The lowest BCUT2D eigenvalue weighted by Gasteiger charge is -2.37. The van der Waals surface area contributed by atoms with Crippen LogP contribution in [0.15, 0.2) is 15.3 Å². The van der Waals surface area contributed by atoms with Crippen molar-refractivity contribution in [3.63, 3.8) is 0 Å². The highest BCUT2D eigenvalue weighted by atomic mass is 19.4. The lowest BCUT2D eigenvalue weighted by Crippen LogP contribution is -2.35. The maximum atomic E-state index is 14.7. The van der Waals surface area contributed by atoms with Crippen molar-refractivity contribution in [2.24, 2.45) is 0 Å². The van der Waals surface area contributed by atoms with Gasteiger partial charge in [-0.25, -0.2) is 4.79 Å². The molecule has 0 amide bonds. The van der Waals surface area contributed by atoms with Gasteiger partial charge in [-0.1, -0.05) is 0 Å². The zero-order chi connectivity index (χ0) is 26.5. The molecule has 2 aromatic rings. The molecule has 8 nitrogen and oxygen atoms in total. The van der Waals surface area contributed by atoms with Gasteiger partial charge in [0.2, 0.25) is 0 Å². The molecule has 0 saturated carbocycles. The van der Waals surface area contributed by atoms with Crippen molar-refractivity contribution in [1.29, 1.82) is 0 Å². The molecule has 1 fully saturated rings. The summed E-state index contributed by atoms with van der Waals surface area (Å²) in [6.07, 6.45) is -1.68. The molecule has 1 aromatic heterocycles. The first-order valence-corrected chi connectivity index (χ1v) is 13.4. The minimum absolute atomic E-state index is 0.00950. The summed E-state index contributed by atoms with van der Waals surface area (Å²) in [4.78, 5) is 17.2. The van der Waals surface area contributed by atoms with Crippen LogP contribution in [0.1, 0.15) is 35.1 Å². The van der Waals surface area contributed by atoms with Crippen LogP contribution in [0.2, 0.25) is 0 Å². The van der Waals surface area contributed by atoms with Gasteiger partial charge in [-0.3, -0.25) is 4.90 Å². The number of benzene rings is 1. The first kappa shape index (κ1) is 27.4. The molecule has 3 aliphatic heterocycles. The fourth-order valence-electron chi connectivity index (χ4n) is 5.66. The lowest BCUT2D eigenvalue weighted by molar-refractivity contribution is -0.137. The van der Waals surface area contributed by atoms with E-state index in [0.29, 0.717) is 59.2 Å². The molecule has 38 heavy (non-hydrogen) atoms. The number of aryl methyl sites for hydroxylation is 2. The maximum Gasteiger partial charge on any atom is 0.417 e. The van der Waals surface area contributed by atoms with E-state index >= 15 is 0 Å². The number of hydrogen-bond acceptors (Lipinski definition) is 8. The van der Waals surface area contributed by atoms with Crippen molar-refractivity contribution >= 4 is 16.7 Å². The van der Waals surface area contributed by atoms with Gasteiger partial charge in [0.25, 0.3) is 0 Å². The van der Waals surface area contributed by atoms with Gasteiger partial charge in [0.05, 0.1) is 64.0 Å². The van der Waals surface area contributed by atoms with Crippen LogP contribution < -0.4 is 10.5 Å². The molecule has 1 aromatic carbocycles. The van der Waals surface area contributed by atoms with Crippen LogP contribution in [0.3, 0.4) is 0 Å². The first-order valence-electron chi connectivity index (χ1n) is 13.4. The van der Waals surface area contributed by atoms with Gasteiger partial charge < -0.3 is 28.3 Å². The molecule has 1 saturated heterocycles. The molecule has 210 valence electrons. The van der Waals surface area contributed by atoms with Crippen molar-refractivity contribution in [2.75, 3.05) is 83.9 Å². The number of hydrogen-bond donors (Lipinski definition) is 0. The Morgan fingerprint density at radius 2 is 1.37 bits per heavy atom. The summed E-state index contributed by atoms with van der Waals surface area (Å²) < 4.78 is 71.8. The van der Waals surface area contributed by atoms with Crippen LogP contribution in [0.25, 0.3) is 11.0 Å². The standard InChI is InChI=1S/C27H35F3N2O6/c28-27(29,30)23-21-17-19-3-1-5-32-6-2-4-20(24(19)32)25(21)38-26(33)22(23)18-31-7-9-34-11-13-36-15-16-37-14-12-35-10-8-31/h17H,1-16,18H2. The van der Waals surface area contributed by atoms with Crippen molar-refractivity contribution in [2.45, 2.75) is 38.4 Å². The van der Waals surface area contributed by atoms with Gasteiger partial charge in [0.1, 0.15) is 5.58 Å². The minimum Gasteiger partial charge on any atom is -0.422 e. The fraction of sp³-hybridized carbons (Fsp3) is 0.667.